The van der Waals surface area contributed by atoms with Crippen molar-refractivity contribution in [1.82, 2.24) is 15.2 Å². The molecule has 0 saturated carbocycles. The van der Waals surface area contributed by atoms with Crippen LogP contribution in [0.2, 0.25) is 0 Å². The van der Waals surface area contributed by atoms with E-state index < -0.39 is 0 Å². The average molecular weight is 359 g/mol. The van der Waals surface area contributed by atoms with Crippen molar-refractivity contribution in [2.75, 3.05) is 19.6 Å². The van der Waals surface area contributed by atoms with Crippen LogP contribution in [0.15, 0.2) is 35.2 Å². The quantitative estimate of drug-likeness (QED) is 0.824. The number of carbonyl (C=O) groups is 2. The van der Waals surface area contributed by atoms with Crippen LogP contribution in [-0.2, 0) is 11.4 Å². The summed E-state index contributed by atoms with van der Waals surface area (Å²) in [6, 6.07) is 6.95. The third-order valence-electron chi connectivity index (χ3n) is 4.07. The highest BCUT2D eigenvalue weighted by atomic mass is 32.1. The summed E-state index contributed by atoms with van der Waals surface area (Å²) in [6.45, 7) is 2.45. The molecule has 0 atom stereocenters. The average Bonchev–Trinajstić information content (AvgIpc) is 3.34. The van der Waals surface area contributed by atoms with Gasteiger partial charge in [0.15, 0.2) is 0 Å². The highest BCUT2D eigenvalue weighted by Gasteiger charge is 2.17. The Hall–Kier alpha value is -2.41. The Morgan fingerprint density at radius 3 is 2.64 bits per heavy atom. The summed E-state index contributed by atoms with van der Waals surface area (Å²) < 4.78 is 5.62. The molecule has 1 fully saturated rings. The van der Waals surface area contributed by atoms with Gasteiger partial charge in [0.2, 0.25) is 5.91 Å². The van der Waals surface area contributed by atoms with Crippen LogP contribution in [0.1, 0.15) is 35.3 Å². The van der Waals surface area contributed by atoms with E-state index in [1.54, 1.807) is 29.8 Å². The van der Waals surface area contributed by atoms with Crippen molar-refractivity contribution in [2.24, 2.45) is 0 Å². The maximum Gasteiger partial charge on any atom is 0.251 e. The molecule has 3 rings (SSSR count). The smallest absolute Gasteiger partial charge is 0.251 e. The Morgan fingerprint density at radius 1 is 1.20 bits per heavy atom. The second-order valence-corrected chi connectivity index (χ2v) is 6.61. The Labute approximate surface area is 150 Å². The van der Waals surface area contributed by atoms with Gasteiger partial charge in [-0.05, 0) is 37.1 Å². The van der Waals surface area contributed by atoms with Crippen LogP contribution >= 0.6 is 11.3 Å². The lowest BCUT2D eigenvalue weighted by atomic mass is 10.2. The molecule has 25 heavy (non-hydrogen) atoms. The summed E-state index contributed by atoms with van der Waals surface area (Å²) in [6.07, 6.45) is 2.50. The number of ether oxygens (including phenoxy) is 1. The third kappa shape index (κ3) is 5.03. The summed E-state index contributed by atoms with van der Waals surface area (Å²) in [4.78, 5) is 30.1. The van der Waals surface area contributed by atoms with Gasteiger partial charge >= 0.3 is 0 Å². The zero-order valence-electron chi connectivity index (χ0n) is 13.9. The number of likely N-dealkylation sites (tertiary alicyclic amines) is 1. The molecule has 1 aliphatic rings. The van der Waals surface area contributed by atoms with Crippen molar-refractivity contribution >= 4 is 23.2 Å². The minimum absolute atomic E-state index is 0.114. The fourth-order valence-electron chi connectivity index (χ4n) is 2.68. The lowest BCUT2D eigenvalue weighted by Crippen LogP contribution is -2.32. The minimum atomic E-state index is -0.180. The molecule has 0 spiro atoms. The van der Waals surface area contributed by atoms with Crippen LogP contribution in [0, 0.1) is 0 Å². The third-order valence-corrected chi connectivity index (χ3v) is 4.71. The van der Waals surface area contributed by atoms with Gasteiger partial charge in [0, 0.05) is 37.0 Å². The molecule has 132 valence electrons. The van der Waals surface area contributed by atoms with Crippen molar-refractivity contribution < 1.29 is 14.3 Å². The molecule has 1 aromatic heterocycles. The zero-order valence-corrected chi connectivity index (χ0v) is 14.8. The van der Waals surface area contributed by atoms with Crippen LogP contribution < -0.4 is 10.1 Å². The van der Waals surface area contributed by atoms with Crippen LogP contribution in [0.25, 0.3) is 0 Å². The van der Waals surface area contributed by atoms with Gasteiger partial charge in [0.1, 0.15) is 12.4 Å². The monoisotopic (exact) mass is 359 g/mol. The minimum Gasteiger partial charge on any atom is -0.487 e. The number of thiazole rings is 1. The van der Waals surface area contributed by atoms with Gasteiger partial charge in [-0.2, -0.15) is 0 Å². The molecular weight excluding hydrogens is 338 g/mol. The lowest BCUT2D eigenvalue weighted by Gasteiger charge is -2.15. The topological polar surface area (TPSA) is 71.5 Å². The largest absolute Gasteiger partial charge is 0.487 e. The molecule has 1 aromatic carbocycles. The molecule has 2 heterocycles. The second kappa shape index (κ2) is 8.62. The number of benzene rings is 1. The first kappa shape index (κ1) is 17.4. The Morgan fingerprint density at radius 2 is 1.96 bits per heavy atom. The van der Waals surface area contributed by atoms with Gasteiger partial charge in [-0.25, -0.2) is 4.98 Å². The maximum absolute atomic E-state index is 12.1. The van der Waals surface area contributed by atoms with E-state index in [0.717, 1.165) is 31.6 Å². The molecule has 1 saturated heterocycles. The molecule has 0 aliphatic carbocycles. The SMILES string of the molecule is O=C(NCCC(=O)N1CCCC1)c1ccc(OCc2cscn2)cc1. The number of amides is 2. The van der Waals surface area contributed by atoms with E-state index in [1.165, 1.54) is 11.3 Å². The van der Waals surface area contributed by atoms with E-state index in [2.05, 4.69) is 10.3 Å². The van der Waals surface area contributed by atoms with Crippen molar-refractivity contribution in [3.63, 3.8) is 0 Å². The number of hydrogen-bond donors (Lipinski definition) is 1. The molecule has 0 radical (unpaired) electrons. The number of aromatic nitrogens is 1. The molecule has 2 amide bonds. The van der Waals surface area contributed by atoms with Gasteiger partial charge < -0.3 is 15.0 Å². The van der Waals surface area contributed by atoms with E-state index in [-0.39, 0.29) is 11.8 Å². The number of hydrogen-bond acceptors (Lipinski definition) is 5. The zero-order chi connectivity index (χ0) is 17.5. The van der Waals surface area contributed by atoms with Gasteiger partial charge in [-0.15, -0.1) is 11.3 Å². The van der Waals surface area contributed by atoms with Crippen LogP contribution in [-0.4, -0.2) is 41.3 Å². The maximum atomic E-state index is 12.1. The first-order chi connectivity index (χ1) is 12.2. The molecule has 1 N–H and O–H groups in total. The summed E-state index contributed by atoms with van der Waals surface area (Å²) >= 11 is 1.53. The molecule has 2 aromatic rings. The van der Waals surface area contributed by atoms with Crippen molar-refractivity contribution in [3.8, 4) is 5.75 Å². The molecule has 6 nitrogen and oxygen atoms in total. The second-order valence-electron chi connectivity index (χ2n) is 5.89. The molecular formula is C18H21N3O3S. The van der Waals surface area contributed by atoms with Crippen LogP contribution in [0.3, 0.4) is 0 Å². The van der Waals surface area contributed by atoms with Gasteiger partial charge in [0.05, 0.1) is 11.2 Å². The summed E-state index contributed by atoms with van der Waals surface area (Å²) in [7, 11) is 0. The van der Waals surface area contributed by atoms with E-state index in [1.807, 2.05) is 10.3 Å². The summed E-state index contributed by atoms with van der Waals surface area (Å²) in [5.74, 6) is 0.623. The molecule has 0 unspecified atom stereocenters. The number of carbonyl (C=O) groups excluding carboxylic acids is 2. The van der Waals surface area contributed by atoms with Crippen molar-refractivity contribution in [3.05, 3.63) is 46.4 Å². The number of nitrogens with zero attached hydrogens (tertiary/aromatic N) is 2. The Balaban J connectivity index is 1.41. The van der Waals surface area contributed by atoms with E-state index >= 15 is 0 Å². The lowest BCUT2D eigenvalue weighted by molar-refractivity contribution is -0.129. The predicted octanol–water partition coefficient (Wildman–Crippen LogP) is 2.46. The van der Waals surface area contributed by atoms with Crippen LogP contribution in [0.5, 0.6) is 5.75 Å². The van der Waals surface area contributed by atoms with Gasteiger partial charge in [0.25, 0.3) is 5.91 Å². The summed E-state index contributed by atoms with van der Waals surface area (Å²) in [5.41, 5.74) is 3.20. The highest BCUT2D eigenvalue weighted by Crippen LogP contribution is 2.14. The fraction of sp³-hybridized carbons (Fsp3) is 0.389. The van der Waals surface area contributed by atoms with Crippen molar-refractivity contribution in [1.29, 1.82) is 0 Å². The predicted molar refractivity (Wildman–Crippen MR) is 95.7 cm³/mol. The highest BCUT2D eigenvalue weighted by molar-refractivity contribution is 7.07. The van der Waals surface area contributed by atoms with E-state index in [4.69, 9.17) is 4.74 Å². The molecule has 7 heteroatoms. The number of rotatable bonds is 7. The first-order valence-corrected chi connectivity index (χ1v) is 9.32. The van der Waals surface area contributed by atoms with Crippen LogP contribution in [0.4, 0.5) is 0 Å². The standard InChI is InChI=1S/C18H21N3O3S/c22-17(21-9-1-2-10-21)7-8-19-18(23)14-3-5-16(6-4-14)24-11-15-12-25-13-20-15/h3-6,12-13H,1-2,7-11H2,(H,19,23). The summed E-state index contributed by atoms with van der Waals surface area (Å²) in [5, 5.41) is 4.73. The van der Waals surface area contributed by atoms with Gasteiger partial charge in [-0.3, -0.25) is 9.59 Å². The molecule has 0 bridgehead atoms. The Kier molecular flexibility index (Phi) is 6.00. The van der Waals surface area contributed by atoms with Gasteiger partial charge in [-0.1, -0.05) is 0 Å². The van der Waals surface area contributed by atoms with E-state index in [0.29, 0.717) is 30.9 Å². The fourth-order valence-corrected chi connectivity index (χ4v) is 3.22. The van der Waals surface area contributed by atoms with E-state index in [9.17, 15) is 9.59 Å². The number of nitrogens with one attached hydrogen (secondary N) is 1. The first-order valence-electron chi connectivity index (χ1n) is 8.38. The Bertz CT molecular complexity index is 695. The molecule has 1 aliphatic heterocycles. The normalized spacial score (nSPS) is 13.7. The van der Waals surface area contributed by atoms with Crippen molar-refractivity contribution in [2.45, 2.75) is 25.9 Å².